The van der Waals surface area contributed by atoms with Crippen molar-refractivity contribution in [1.82, 2.24) is 4.72 Å². The number of hydrogen-bond donors (Lipinski definition) is 1. The number of aryl methyl sites for hydroxylation is 1. The van der Waals surface area contributed by atoms with E-state index in [4.69, 9.17) is 4.42 Å². The minimum absolute atomic E-state index is 0.0938. The van der Waals surface area contributed by atoms with E-state index in [0.717, 1.165) is 12.2 Å². The lowest BCUT2D eigenvalue weighted by Gasteiger charge is -1.98. The Balaban J connectivity index is 2.75. The minimum atomic E-state index is -3.21. The van der Waals surface area contributed by atoms with Gasteiger partial charge in [0, 0.05) is 6.42 Å². The fourth-order valence-electron chi connectivity index (χ4n) is 0.949. The molecule has 4 nitrogen and oxygen atoms in total. The van der Waals surface area contributed by atoms with Crippen LogP contribution < -0.4 is 4.72 Å². The van der Waals surface area contributed by atoms with E-state index in [-0.39, 0.29) is 5.75 Å². The molecule has 0 saturated carbocycles. The van der Waals surface area contributed by atoms with Crippen LogP contribution in [0.3, 0.4) is 0 Å². The second kappa shape index (κ2) is 3.93. The first-order valence-corrected chi connectivity index (χ1v) is 5.71. The van der Waals surface area contributed by atoms with E-state index >= 15 is 0 Å². The molecule has 1 aromatic heterocycles. The van der Waals surface area contributed by atoms with E-state index in [1.807, 2.05) is 6.92 Å². The third-order valence-electron chi connectivity index (χ3n) is 1.71. The molecule has 0 saturated heterocycles. The van der Waals surface area contributed by atoms with Gasteiger partial charge in [0.15, 0.2) is 0 Å². The summed E-state index contributed by atoms with van der Waals surface area (Å²) in [6.07, 6.45) is 0.777. The van der Waals surface area contributed by atoms with Gasteiger partial charge in [0.25, 0.3) is 0 Å². The summed E-state index contributed by atoms with van der Waals surface area (Å²) >= 11 is 0. The SMILES string of the molecule is CCc1ccc(CS(=O)(=O)NC)o1. The first kappa shape index (κ1) is 10.3. The van der Waals surface area contributed by atoms with Crippen molar-refractivity contribution >= 4 is 10.0 Å². The number of rotatable bonds is 4. The van der Waals surface area contributed by atoms with Crippen LogP contribution in [0.25, 0.3) is 0 Å². The molecule has 0 fully saturated rings. The largest absolute Gasteiger partial charge is 0.465 e. The molecule has 1 N–H and O–H groups in total. The van der Waals surface area contributed by atoms with E-state index in [1.54, 1.807) is 12.1 Å². The van der Waals surface area contributed by atoms with Gasteiger partial charge in [0.1, 0.15) is 17.3 Å². The summed E-state index contributed by atoms with van der Waals surface area (Å²) in [6, 6.07) is 3.48. The van der Waals surface area contributed by atoms with E-state index in [9.17, 15) is 8.42 Å². The Bertz CT molecular complexity index is 366. The summed E-state index contributed by atoms with van der Waals surface area (Å²) in [5.41, 5.74) is 0. The topological polar surface area (TPSA) is 59.3 Å². The van der Waals surface area contributed by atoms with Crippen molar-refractivity contribution in [2.45, 2.75) is 19.1 Å². The molecule has 0 atom stereocenters. The molecule has 1 rings (SSSR count). The molecule has 1 aromatic rings. The maximum atomic E-state index is 11.1. The average molecular weight is 203 g/mol. The molecule has 0 spiro atoms. The zero-order valence-corrected chi connectivity index (χ0v) is 8.52. The first-order valence-electron chi connectivity index (χ1n) is 4.06. The van der Waals surface area contributed by atoms with E-state index < -0.39 is 10.0 Å². The fourth-order valence-corrected chi connectivity index (χ4v) is 1.62. The lowest BCUT2D eigenvalue weighted by molar-refractivity contribution is 0.480. The van der Waals surface area contributed by atoms with Crippen molar-refractivity contribution in [2.24, 2.45) is 0 Å². The van der Waals surface area contributed by atoms with Gasteiger partial charge in [-0.05, 0) is 19.2 Å². The van der Waals surface area contributed by atoms with Crippen molar-refractivity contribution < 1.29 is 12.8 Å². The zero-order valence-electron chi connectivity index (χ0n) is 7.70. The summed E-state index contributed by atoms with van der Waals surface area (Å²) in [5, 5.41) is 0. The molecule has 74 valence electrons. The van der Waals surface area contributed by atoms with Crippen LogP contribution in [0, 0.1) is 0 Å². The van der Waals surface area contributed by atoms with Gasteiger partial charge in [0.2, 0.25) is 10.0 Å². The highest BCUT2D eigenvalue weighted by Crippen LogP contribution is 2.10. The van der Waals surface area contributed by atoms with Crippen LogP contribution in [0.4, 0.5) is 0 Å². The molecule has 1 heterocycles. The summed E-state index contributed by atoms with van der Waals surface area (Å²) < 4.78 is 29.7. The second-order valence-electron chi connectivity index (χ2n) is 2.68. The average Bonchev–Trinajstić information content (AvgIpc) is 2.52. The van der Waals surface area contributed by atoms with Gasteiger partial charge in [-0.3, -0.25) is 0 Å². The first-order chi connectivity index (χ1) is 6.07. The quantitative estimate of drug-likeness (QED) is 0.790. The minimum Gasteiger partial charge on any atom is -0.465 e. The molecule has 0 aliphatic carbocycles. The molecular formula is C8H13NO3S. The van der Waals surface area contributed by atoms with Crippen molar-refractivity contribution in [2.75, 3.05) is 7.05 Å². The molecule has 0 aromatic carbocycles. The number of hydrogen-bond acceptors (Lipinski definition) is 3. The molecule has 0 bridgehead atoms. The van der Waals surface area contributed by atoms with Gasteiger partial charge >= 0.3 is 0 Å². The van der Waals surface area contributed by atoms with Crippen LogP contribution in [0.5, 0.6) is 0 Å². The van der Waals surface area contributed by atoms with Crippen LogP contribution in [-0.2, 0) is 22.2 Å². The maximum absolute atomic E-state index is 11.1. The number of nitrogens with one attached hydrogen (secondary N) is 1. The molecule has 0 aliphatic rings. The van der Waals surface area contributed by atoms with E-state index in [2.05, 4.69) is 4.72 Å². The Morgan fingerprint density at radius 1 is 1.38 bits per heavy atom. The van der Waals surface area contributed by atoms with Crippen LogP contribution in [0.15, 0.2) is 16.5 Å². The van der Waals surface area contributed by atoms with Crippen molar-refractivity contribution in [1.29, 1.82) is 0 Å². The third kappa shape index (κ3) is 2.86. The Hall–Kier alpha value is -0.810. The van der Waals surface area contributed by atoms with Crippen LogP contribution in [-0.4, -0.2) is 15.5 Å². The summed E-state index contributed by atoms with van der Waals surface area (Å²) in [6.45, 7) is 1.95. The highest BCUT2D eigenvalue weighted by atomic mass is 32.2. The van der Waals surface area contributed by atoms with Gasteiger partial charge < -0.3 is 4.42 Å². The third-order valence-corrected chi connectivity index (χ3v) is 3.00. The number of sulfonamides is 1. The van der Waals surface area contributed by atoms with Crippen molar-refractivity contribution in [3.05, 3.63) is 23.7 Å². The molecule has 0 unspecified atom stereocenters. The van der Waals surface area contributed by atoms with E-state index in [0.29, 0.717) is 5.76 Å². The Labute approximate surface area is 78.0 Å². The highest BCUT2D eigenvalue weighted by Gasteiger charge is 2.11. The van der Waals surface area contributed by atoms with Crippen molar-refractivity contribution in [3.63, 3.8) is 0 Å². The highest BCUT2D eigenvalue weighted by molar-refractivity contribution is 7.88. The van der Waals surface area contributed by atoms with Crippen LogP contribution in [0.1, 0.15) is 18.4 Å². The Morgan fingerprint density at radius 3 is 2.46 bits per heavy atom. The lowest BCUT2D eigenvalue weighted by atomic mass is 10.4. The molecule has 0 radical (unpaired) electrons. The predicted molar refractivity (Wildman–Crippen MR) is 49.8 cm³/mol. The van der Waals surface area contributed by atoms with Gasteiger partial charge in [0.05, 0.1) is 0 Å². The van der Waals surface area contributed by atoms with Gasteiger partial charge in [-0.25, -0.2) is 13.1 Å². The fraction of sp³-hybridized carbons (Fsp3) is 0.500. The second-order valence-corrected chi connectivity index (χ2v) is 4.61. The van der Waals surface area contributed by atoms with Gasteiger partial charge in [-0.2, -0.15) is 0 Å². The lowest BCUT2D eigenvalue weighted by Crippen LogP contribution is -2.20. The van der Waals surface area contributed by atoms with Gasteiger partial charge in [-0.1, -0.05) is 6.92 Å². The zero-order chi connectivity index (χ0) is 9.90. The van der Waals surface area contributed by atoms with Crippen LogP contribution in [0.2, 0.25) is 0 Å². The van der Waals surface area contributed by atoms with Crippen LogP contribution >= 0.6 is 0 Å². The summed E-state index contributed by atoms with van der Waals surface area (Å²) in [4.78, 5) is 0. The normalized spacial score (nSPS) is 11.8. The van der Waals surface area contributed by atoms with Gasteiger partial charge in [-0.15, -0.1) is 0 Å². The standard InChI is InChI=1S/C8H13NO3S/c1-3-7-4-5-8(12-7)6-13(10,11)9-2/h4-5,9H,3,6H2,1-2H3. The summed E-state index contributed by atoms with van der Waals surface area (Å²) in [7, 11) is -1.82. The van der Waals surface area contributed by atoms with E-state index in [1.165, 1.54) is 7.05 Å². The summed E-state index contributed by atoms with van der Waals surface area (Å²) in [5.74, 6) is 1.19. The monoisotopic (exact) mass is 203 g/mol. The Kier molecular flexibility index (Phi) is 3.11. The van der Waals surface area contributed by atoms with Crippen molar-refractivity contribution in [3.8, 4) is 0 Å². The molecule has 0 amide bonds. The number of furan rings is 1. The molecule has 5 heteroatoms. The molecule has 0 aliphatic heterocycles. The molecular weight excluding hydrogens is 190 g/mol. The maximum Gasteiger partial charge on any atom is 0.218 e. The Morgan fingerprint density at radius 2 is 2.00 bits per heavy atom. The smallest absolute Gasteiger partial charge is 0.218 e. The molecule has 13 heavy (non-hydrogen) atoms. The predicted octanol–water partition coefficient (Wildman–Crippen LogP) is 0.891.